The monoisotopic (exact) mass is 385 g/mol. The van der Waals surface area contributed by atoms with Gasteiger partial charge in [0.2, 0.25) is 12.2 Å². The molecule has 0 saturated heterocycles. The first-order valence-electron chi connectivity index (χ1n) is 8.71. The van der Waals surface area contributed by atoms with Crippen LogP contribution < -0.4 is 5.73 Å². The Morgan fingerprint density at radius 3 is 2.38 bits per heavy atom. The molecule has 0 saturated carbocycles. The average Bonchev–Trinajstić information content (AvgIpc) is 3.24. The zero-order valence-corrected chi connectivity index (χ0v) is 15.1. The van der Waals surface area contributed by atoms with E-state index in [1.807, 2.05) is 60.7 Å². The summed E-state index contributed by atoms with van der Waals surface area (Å²) in [4.78, 5) is 14.5. The summed E-state index contributed by atoms with van der Waals surface area (Å²) in [6, 6.07) is 20.7. The Balaban J connectivity index is 2.02. The average molecular weight is 385 g/mol. The van der Waals surface area contributed by atoms with Gasteiger partial charge in [-0.15, -0.1) is 0 Å². The highest BCUT2D eigenvalue weighted by Crippen LogP contribution is 2.44. The number of imidazole rings is 1. The first kappa shape index (κ1) is 18.0. The van der Waals surface area contributed by atoms with Crippen molar-refractivity contribution < 1.29 is 9.66 Å². The fraction of sp³-hybridized carbons (Fsp3) is 0.0476. The summed E-state index contributed by atoms with van der Waals surface area (Å²) in [6.07, 6.45) is 2.64. The quantitative estimate of drug-likeness (QED) is 0.541. The van der Waals surface area contributed by atoms with Gasteiger partial charge in [0, 0.05) is 5.56 Å². The van der Waals surface area contributed by atoms with E-state index in [2.05, 4.69) is 11.1 Å². The van der Waals surface area contributed by atoms with Crippen molar-refractivity contribution in [3.63, 3.8) is 0 Å². The van der Waals surface area contributed by atoms with E-state index < -0.39 is 10.8 Å². The summed E-state index contributed by atoms with van der Waals surface area (Å²) >= 11 is 0. The number of nitrogens with two attached hydrogens (primary N) is 1. The topological polar surface area (TPSA) is 120 Å². The molecule has 1 aliphatic rings. The minimum atomic E-state index is -0.584. The van der Waals surface area contributed by atoms with Crippen molar-refractivity contribution in [3.05, 3.63) is 106 Å². The van der Waals surface area contributed by atoms with E-state index in [0.29, 0.717) is 11.5 Å². The van der Waals surface area contributed by atoms with Crippen molar-refractivity contribution in [2.45, 2.75) is 5.92 Å². The van der Waals surface area contributed by atoms with Crippen LogP contribution in [0.25, 0.3) is 11.5 Å². The van der Waals surface area contributed by atoms with Crippen LogP contribution in [0.3, 0.4) is 0 Å². The third kappa shape index (κ3) is 3.21. The molecule has 2 heterocycles. The Kier molecular flexibility index (Phi) is 4.55. The van der Waals surface area contributed by atoms with Gasteiger partial charge < -0.3 is 20.6 Å². The van der Waals surface area contributed by atoms with Gasteiger partial charge in [0.05, 0.1) is 11.6 Å². The van der Waals surface area contributed by atoms with Gasteiger partial charge in [-0.1, -0.05) is 60.7 Å². The number of ether oxygens (including phenoxy) is 1. The van der Waals surface area contributed by atoms with Gasteiger partial charge in [-0.05, 0) is 15.5 Å². The Bertz CT molecular complexity index is 1170. The summed E-state index contributed by atoms with van der Waals surface area (Å²) in [6.45, 7) is 0. The van der Waals surface area contributed by atoms with Gasteiger partial charge in [-0.2, -0.15) is 5.26 Å². The first-order valence-corrected chi connectivity index (χ1v) is 8.71. The maximum Gasteiger partial charge on any atom is 0.381 e. The van der Waals surface area contributed by atoms with Crippen molar-refractivity contribution in [3.8, 4) is 6.07 Å². The number of rotatable bonds is 4. The number of hydrogen-bond acceptors (Lipinski definition) is 6. The lowest BCUT2D eigenvalue weighted by Crippen LogP contribution is -2.22. The summed E-state index contributed by atoms with van der Waals surface area (Å²) in [5, 5.41) is 21.0. The molecule has 2 N–H and O–H groups in total. The lowest BCUT2D eigenvalue weighted by atomic mass is 9.85. The third-order valence-electron chi connectivity index (χ3n) is 4.60. The zero-order valence-electron chi connectivity index (χ0n) is 15.1. The molecule has 1 aliphatic heterocycles. The van der Waals surface area contributed by atoms with E-state index in [4.69, 9.17) is 10.5 Å². The molecule has 0 unspecified atom stereocenters. The van der Waals surface area contributed by atoms with Gasteiger partial charge in [0.1, 0.15) is 17.8 Å². The van der Waals surface area contributed by atoms with E-state index in [0.717, 1.165) is 11.1 Å². The number of allylic oxidation sites excluding steroid dienone is 2. The lowest BCUT2D eigenvalue weighted by Gasteiger charge is -2.29. The molecule has 29 heavy (non-hydrogen) atoms. The van der Waals surface area contributed by atoms with Gasteiger partial charge in [-0.3, -0.25) is 4.57 Å². The van der Waals surface area contributed by atoms with E-state index in [1.54, 1.807) is 0 Å². The van der Waals surface area contributed by atoms with Crippen LogP contribution >= 0.6 is 0 Å². The van der Waals surface area contributed by atoms with E-state index >= 15 is 0 Å². The van der Waals surface area contributed by atoms with Crippen molar-refractivity contribution >= 4 is 17.3 Å². The van der Waals surface area contributed by atoms with Gasteiger partial charge in [0.25, 0.3) is 0 Å². The Hall–Kier alpha value is -4.38. The molecule has 8 heteroatoms. The number of nitrogens with zero attached hydrogens (tertiary/aromatic N) is 4. The molecule has 142 valence electrons. The molecule has 1 aromatic heterocycles. The highest BCUT2D eigenvalue weighted by atomic mass is 16.6. The van der Waals surface area contributed by atoms with Crippen molar-refractivity contribution in [2.24, 2.45) is 5.73 Å². The number of aromatic nitrogens is 2. The molecule has 0 amide bonds. The number of nitro groups is 1. The molecular formula is C21H15N5O3. The van der Waals surface area contributed by atoms with Crippen LogP contribution in [0.15, 0.2) is 84.6 Å². The molecule has 0 bridgehead atoms. The van der Waals surface area contributed by atoms with Crippen LogP contribution in [-0.2, 0) is 4.74 Å². The number of nitriles is 1. The molecule has 1 atom stereocenters. The Morgan fingerprint density at radius 1 is 1.14 bits per heavy atom. The summed E-state index contributed by atoms with van der Waals surface area (Å²) in [5.74, 6) is -0.487. The van der Waals surface area contributed by atoms with Crippen LogP contribution in [0.4, 0.5) is 5.82 Å². The standard InChI is InChI=1S/C21H15N5O3/c22-11-16-18(14-7-3-1-4-8-14)19(25-12-17(24-13-25)26(27)28)20(29-21(16)23)15-9-5-2-6-10-15/h1-10,12-13,18H,23H2/t18-/m0/s1. The first-order chi connectivity index (χ1) is 14.1. The molecule has 4 rings (SSSR count). The fourth-order valence-electron chi connectivity index (χ4n) is 3.32. The maximum atomic E-state index is 11.2. The lowest BCUT2D eigenvalue weighted by molar-refractivity contribution is -0.389. The SMILES string of the molecule is N#CC1=C(N)OC(c2ccccc2)=C(n2cnc([N+](=O)[O-])c2)[C@H]1c1ccccc1. The minimum absolute atomic E-state index is 0.00132. The minimum Gasteiger partial charge on any atom is -0.438 e. The summed E-state index contributed by atoms with van der Waals surface area (Å²) in [7, 11) is 0. The molecule has 0 radical (unpaired) electrons. The molecule has 0 fully saturated rings. The second-order valence-electron chi connectivity index (χ2n) is 6.31. The van der Waals surface area contributed by atoms with E-state index in [9.17, 15) is 15.4 Å². The van der Waals surface area contributed by atoms with Crippen molar-refractivity contribution in [1.29, 1.82) is 5.26 Å². The highest BCUT2D eigenvalue weighted by Gasteiger charge is 2.35. The Morgan fingerprint density at radius 2 is 1.79 bits per heavy atom. The molecule has 2 aromatic carbocycles. The second kappa shape index (κ2) is 7.32. The second-order valence-corrected chi connectivity index (χ2v) is 6.31. The Labute approximate surface area is 165 Å². The van der Waals surface area contributed by atoms with Gasteiger partial charge in [0.15, 0.2) is 5.76 Å². The predicted octanol–water partition coefficient (Wildman–Crippen LogP) is 3.62. The predicted molar refractivity (Wildman–Crippen MR) is 106 cm³/mol. The summed E-state index contributed by atoms with van der Waals surface area (Å²) < 4.78 is 7.38. The van der Waals surface area contributed by atoms with Gasteiger partial charge in [-0.25, -0.2) is 0 Å². The van der Waals surface area contributed by atoms with E-state index in [-0.39, 0.29) is 17.3 Å². The largest absolute Gasteiger partial charge is 0.438 e. The highest BCUT2D eigenvalue weighted by molar-refractivity contribution is 5.87. The van der Waals surface area contributed by atoms with Crippen molar-refractivity contribution in [1.82, 2.24) is 9.55 Å². The van der Waals surface area contributed by atoms with Crippen LogP contribution in [0.5, 0.6) is 0 Å². The van der Waals surface area contributed by atoms with Gasteiger partial charge >= 0.3 is 5.82 Å². The smallest absolute Gasteiger partial charge is 0.381 e. The molecule has 0 aliphatic carbocycles. The summed E-state index contributed by atoms with van der Waals surface area (Å²) in [5.41, 5.74) is 8.38. The van der Waals surface area contributed by atoms with Crippen LogP contribution in [0.2, 0.25) is 0 Å². The van der Waals surface area contributed by atoms with Crippen LogP contribution in [0, 0.1) is 21.4 Å². The fourth-order valence-corrected chi connectivity index (χ4v) is 3.32. The van der Waals surface area contributed by atoms with Crippen LogP contribution in [-0.4, -0.2) is 14.5 Å². The number of benzene rings is 2. The van der Waals surface area contributed by atoms with Crippen LogP contribution in [0.1, 0.15) is 17.0 Å². The zero-order chi connectivity index (χ0) is 20.4. The maximum absolute atomic E-state index is 11.2. The number of hydrogen-bond donors (Lipinski definition) is 1. The third-order valence-corrected chi connectivity index (χ3v) is 4.60. The molecule has 0 spiro atoms. The van der Waals surface area contributed by atoms with Crippen molar-refractivity contribution in [2.75, 3.05) is 0 Å². The van der Waals surface area contributed by atoms with E-state index in [1.165, 1.54) is 17.1 Å². The molecule has 3 aromatic rings. The molecule has 8 nitrogen and oxygen atoms in total. The molecular weight excluding hydrogens is 370 g/mol. The normalized spacial score (nSPS) is 16.3.